The van der Waals surface area contributed by atoms with Gasteiger partial charge in [0, 0.05) is 11.5 Å². The fourth-order valence-electron chi connectivity index (χ4n) is 3.89. The molecule has 174 valence electrons. The Kier molecular flexibility index (Phi) is 5.92. The number of carbonyl (C=O) groups is 2. The maximum absolute atomic E-state index is 12.8. The predicted octanol–water partition coefficient (Wildman–Crippen LogP) is 5.46. The van der Waals surface area contributed by atoms with Crippen LogP contribution in [0.3, 0.4) is 0 Å². The summed E-state index contributed by atoms with van der Waals surface area (Å²) in [5, 5.41) is 24.9. The summed E-state index contributed by atoms with van der Waals surface area (Å²) in [7, 11) is 0. The van der Waals surface area contributed by atoms with Gasteiger partial charge in [-0.2, -0.15) is 15.1 Å². The second kappa shape index (κ2) is 9.19. The van der Waals surface area contributed by atoms with E-state index in [0.29, 0.717) is 22.3 Å². The highest BCUT2D eigenvalue weighted by Gasteiger charge is 2.37. The number of carboxylic acid groups (broad SMARTS) is 1. The van der Waals surface area contributed by atoms with Gasteiger partial charge in [-0.3, -0.25) is 10.2 Å². The van der Waals surface area contributed by atoms with Gasteiger partial charge in [0.05, 0.1) is 11.1 Å². The zero-order valence-corrected chi connectivity index (χ0v) is 19.5. The van der Waals surface area contributed by atoms with Gasteiger partial charge in [-0.15, -0.1) is 0 Å². The van der Waals surface area contributed by atoms with Crippen molar-refractivity contribution in [3.63, 3.8) is 0 Å². The third-order valence-electron chi connectivity index (χ3n) is 5.71. The second-order valence-electron chi connectivity index (χ2n) is 7.91. The van der Waals surface area contributed by atoms with Gasteiger partial charge in [-0.25, -0.2) is 4.79 Å². The molecule has 2 aliphatic rings. The summed E-state index contributed by atoms with van der Waals surface area (Å²) in [4.78, 5) is 28.0. The Morgan fingerprint density at radius 1 is 1.14 bits per heavy atom. The van der Waals surface area contributed by atoms with Crippen LogP contribution in [0.25, 0.3) is 17.4 Å². The van der Waals surface area contributed by atoms with Crippen LogP contribution in [-0.2, 0) is 4.79 Å². The lowest BCUT2D eigenvalue weighted by Gasteiger charge is -2.19. The first-order chi connectivity index (χ1) is 16.9. The van der Waals surface area contributed by atoms with E-state index < -0.39 is 11.9 Å². The molecule has 0 aliphatic carbocycles. The quantitative estimate of drug-likeness (QED) is 0.449. The summed E-state index contributed by atoms with van der Waals surface area (Å²) >= 11 is 1.31. The first-order valence-corrected chi connectivity index (χ1v) is 11.7. The molecule has 3 aromatic rings. The molecule has 0 spiro atoms. The number of hydrogen-bond donors (Lipinski definition) is 2. The molecule has 2 N–H and O–H groups in total. The maximum Gasteiger partial charge on any atom is 0.335 e. The molecule has 8 nitrogen and oxygen atoms in total. The topological polar surface area (TPSA) is 119 Å². The minimum absolute atomic E-state index is 0.0463. The van der Waals surface area contributed by atoms with Gasteiger partial charge in [0.1, 0.15) is 16.6 Å². The molecule has 1 aromatic heterocycles. The highest BCUT2D eigenvalue weighted by atomic mass is 32.2. The predicted molar refractivity (Wildman–Crippen MR) is 136 cm³/mol. The van der Waals surface area contributed by atoms with Crippen molar-refractivity contribution in [1.29, 1.82) is 5.41 Å². The van der Waals surface area contributed by atoms with Crippen molar-refractivity contribution < 1.29 is 19.1 Å². The Labute approximate surface area is 205 Å². The third-order valence-corrected chi connectivity index (χ3v) is 6.73. The van der Waals surface area contributed by atoms with Gasteiger partial charge >= 0.3 is 5.97 Å². The van der Waals surface area contributed by atoms with Gasteiger partial charge in [0.15, 0.2) is 5.84 Å². The summed E-state index contributed by atoms with van der Waals surface area (Å²) in [6.07, 6.45) is 2.30. The van der Waals surface area contributed by atoms with Crippen molar-refractivity contribution in [3.05, 3.63) is 89.2 Å². The number of carbonyl (C=O) groups excluding carboxylic acids is 1. The Morgan fingerprint density at radius 2 is 1.89 bits per heavy atom. The maximum atomic E-state index is 12.8. The van der Waals surface area contributed by atoms with E-state index in [-0.39, 0.29) is 22.9 Å². The normalized spacial score (nSPS) is 17.3. The number of nitrogens with one attached hydrogen (secondary N) is 1. The number of amides is 1. The number of fused-ring (bicyclic) bond motifs is 1. The molecule has 0 bridgehead atoms. The smallest absolute Gasteiger partial charge is 0.335 e. The molecule has 5 rings (SSSR count). The number of amidine groups is 2. The largest absolute Gasteiger partial charge is 0.478 e. The molecule has 9 heteroatoms. The number of aromatic carboxylic acids is 1. The van der Waals surface area contributed by atoms with Crippen LogP contribution in [0.5, 0.6) is 0 Å². The van der Waals surface area contributed by atoms with E-state index in [1.54, 1.807) is 24.3 Å². The molecule has 3 heterocycles. The van der Waals surface area contributed by atoms with Crippen LogP contribution in [0.1, 0.15) is 40.9 Å². The van der Waals surface area contributed by atoms with Crippen LogP contribution < -0.4 is 0 Å². The Bertz CT molecular complexity index is 1420. The van der Waals surface area contributed by atoms with Crippen LogP contribution in [0, 0.1) is 5.41 Å². The summed E-state index contributed by atoms with van der Waals surface area (Å²) < 4.78 is 5.83. The van der Waals surface area contributed by atoms with E-state index >= 15 is 0 Å². The standard InChI is InChI=1S/C26H20N4O4S/c1-2-19(15-6-4-3-5-7-15)24-29-30-22(27)20(23(31)28-26(30)35-24)14-18-12-13-21(34-18)16-8-10-17(11-9-16)25(32)33/h3-14,19,27H,2H2,1H3,(H,32,33)/b20-14+,27-22?/t19-/m0/s1. The Balaban J connectivity index is 1.40. The number of rotatable bonds is 6. The summed E-state index contributed by atoms with van der Waals surface area (Å²) in [5.41, 5.74) is 2.07. The SMILES string of the molecule is CC[C@H](C1=NN2C(=N)/C(=C\c3ccc(-c4ccc(C(=O)O)cc4)o3)C(=O)N=C2S1)c1ccccc1. The number of thioether (sulfide) groups is 1. The van der Waals surface area contributed by atoms with Crippen LogP contribution in [0.2, 0.25) is 0 Å². The minimum Gasteiger partial charge on any atom is -0.478 e. The molecule has 0 saturated heterocycles. The van der Waals surface area contributed by atoms with Crippen LogP contribution in [0.4, 0.5) is 0 Å². The van der Waals surface area contributed by atoms with Crippen LogP contribution >= 0.6 is 11.8 Å². The first-order valence-electron chi connectivity index (χ1n) is 10.9. The Morgan fingerprint density at radius 3 is 2.57 bits per heavy atom. The lowest BCUT2D eigenvalue weighted by atomic mass is 9.98. The number of hydrogen-bond acceptors (Lipinski definition) is 6. The van der Waals surface area contributed by atoms with Gasteiger partial charge < -0.3 is 9.52 Å². The highest BCUT2D eigenvalue weighted by molar-refractivity contribution is 8.27. The summed E-state index contributed by atoms with van der Waals surface area (Å²) in [5.74, 6) is -0.657. The average Bonchev–Trinajstić information content (AvgIpc) is 3.50. The summed E-state index contributed by atoms with van der Waals surface area (Å²) in [6, 6.07) is 19.7. The minimum atomic E-state index is -1.00. The second-order valence-corrected chi connectivity index (χ2v) is 8.90. The van der Waals surface area contributed by atoms with E-state index in [4.69, 9.17) is 14.9 Å². The molecule has 2 aromatic carbocycles. The Hall–Kier alpha value is -4.24. The first kappa shape index (κ1) is 22.5. The lowest BCUT2D eigenvalue weighted by molar-refractivity contribution is -0.114. The zero-order valence-electron chi connectivity index (χ0n) is 18.6. The van der Waals surface area contributed by atoms with E-state index in [0.717, 1.165) is 17.0 Å². The number of benzene rings is 2. The van der Waals surface area contributed by atoms with Crippen molar-refractivity contribution in [2.75, 3.05) is 0 Å². The number of furan rings is 1. The highest BCUT2D eigenvalue weighted by Crippen LogP contribution is 2.36. The molecule has 35 heavy (non-hydrogen) atoms. The van der Waals surface area contributed by atoms with Crippen LogP contribution in [-0.4, -0.2) is 38.0 Å². The fraction of sp³-hybridized carbons (Fsp3) is 0.115. The monoisotopic (exact) mass is 484 g/mol. The van der Waals surface area contributed by atoms with E-state index in [1.165, 1.54) is 35.0 Å². The van der Waals surface area contributed by atoms with Gasteiger partial charge in [0.25, 0.3) is 5.91 Å². The fourth-order valence-corrected chi connectivity index (χ4v) is 4.99. The molecular weight excluding hydrogens is 464 g/mol. The van der Waals surface area contributed by atoms with Gasteiger partial charge in [0.2, 0.25) is 5.17 Å². The van der Waals surface area contributed by atoms with Crippen LogP contribution in [0.15, 0.2) is 86.8 Å². The van der Waals surface area contributed by atoms with Crippen molar-refractivity contribution in [3.8, 4) is 11.3 Å². The molecule has 0 radical (unpaired) electrons. The molecular formula is C26H20N4O4S. The molecule has 1 amide bonds. The van der Waals surface area contributed by atoms with E-state index in [9.17, 15) is 9.59 Å². The number of aliphatic imine (C=N–C) groups is 1. The van der Waals surface area contributed by atoms with Crippen molar-refractivity contribution in [2.45, 2.75) is 19.3 Å². The van der Waals surface area contributed by atoms with E-state index in [1.807, 2.05) is 30.3 Å². The van der Waals surface area contributed by atoms with E-state index in [2.05, 4.69) is 17.0 Å². The molecule has 0 unspecified atom stereocenters. The zero-order chi connectivity index (χ0) is 24.5. The third kappa shape index (κ3) is 4.33. The molecule has 2 aliphatic heterocycles. The molecule has 0 saturated carbocycles. The molecule has 1 atom stereocenters. The van der Waals surface area contributed by atoms with Crippen molar-refractivity contribution in [1.82, 2.24) is 5.01 Å². The average molecular weight is 485 g/mol. The van der Waals surface area contributed by atoms with Crippen molar-refractivity contribution in [2.24, 2.45) is 10.1 Å². The number of nitrogens with zero attached hydrogens (tertiary/aromatic N) is 3. The van der Waals surface area contributed by atoms with Crippen molar-refractivity contribution >= 4 is 45.8 Å². The number of hydrazone groups is 1. The lowest BCUT2D eigenvalue weighted by Crippen LogP contribution is -2.35. The molecule has 0 fully saturated rings. The number of carboxylic acids is 1. The summed E-state index contributed by atoms with van der Waals surface area (Å²) in [6.45, 7) is 2.07. The van der Waals surface area contributed by atoms with Gasteiger partial charge in [-0.05, 0) is 54.1 Å². The van der Waals surface area contributed by atoms with Gasteiger partial charge in [-0.1, -0.05) is 49.4 Å².